The molecular formula is C18H24N4O5S. The number of carbonyl (C=O) groups excluding carboxylic acids is 1. The van der Waals surface area contributed by atoms with Crippen molar-refractivity contribution in [1.82, 2.24) is 8.75 Å². The zero-order chi connectivity index (χ0) is 19.9. The predicted molar refractivity (Wildman–Crippen MR) is 106 cm³/mol. The minimum absolute atomic E-state index is 0.296. The Morgan fingerprint density at radius 1 is 1.29 bits per heavy atom. The van der Waals surface area contributed by atoms with Crippen LogP contribution >= 0.6 is 11.7 Å². The Morgan fingerprint density at radius 3 is 2.75 bits per heavy atom. The summed E-state index contributed by atoms with van der Waals surface area (Å²) >= 11 is 1.06. The molecule has 1 fully saturated rings. The van der Waals surface area contributed by atoms with Crippen LogP contribution in [0.2, 0.25) is 0 Å². The summed E-state index contributed by atoms with van der Waals surface area (Å²) in [6.45, 7) is 4.56. The number of hydrogen-bond donors (Lipinski definition) is 1. The monoisotopic (exact) mass is 408 g/mol. The quantitative estimate of drug-likeness (QED) is 0.710. The maximum absolute atomic E-state index is 12.8. The van der Waals surface area contributed by atoms with Gasteiger partial charge in [0, 0.05) is 19.2 Å². The first-order valence-electron chi connectivity index (χ1n) is 9.01. The molecule has 10 heteroatoms. The number of ether oxygens (including phenoxy) is 4. The maximum Gasteiger partial charge on any atom is 0.271 e. The van der Waals surface area contributed by atoms with Gasteiger partial charge in [0.1, 0.15) is 11.5 Å². The van der Waals surface area contributed by atoms with Gasteiger partial charge in [0.2, 0.25) is 5.82 Å². The van der Waals surface area contributed by atoms with Crippen molar-refractivity contribution in [3.8, 4) is 17.4 Å². The summed E-state index contributed by atoms with van der Waals surface area (Å²) in [4.78, 5) is 14.9. The van der Waals surface area contributed by atoms with Gasteiger partial charge >= 0.3 is 0 Å². The first-order chi connectivity index (χ1) is 13.7. The summed E-state index contributed by atoms with van der Waals surface area (Å²) in [6, 6.07) is 5.20. The minimum Gasteiger partial charge on any atom is -0.497 e. The topological polar surface area (TPSA) is 95.0 Å². The normalized spacial score (nSPS) is 15.0. The van der Waals surface area contributed by atoms with Gasteiger partial charge in [0.05, 0.1) is 44.8 Å². The van der Waals surface area contributed by atoms with Gasteiger partial charge in [-0.05, 0) is 18.6 Å². The number of morpholine rings is 1. The third kappa shape index (κ3) is 4.63. The van der Waals surface area contributed by atoms with Gasteiger partial charge < -0.3 is 29.2 Å². The van der Waals surface area contributed by atoms with Crippen molar-refractivity contribution in [3.63, 3.8) is 0 Å². The number of hydrogen-bond acceptors (Lipinski definition) is 9. The second-order valence-electron chi connectivity index (χ2n) is 6.06. The van der Waals surface area contributed by atoms with E-state index in [0.29, 0.717) is 61.6 Å². The highest BCUT2D eigenvalue weighted by atomic mass is 32.1. The molecule has 152 valence electrons. The molecule has 1 amide bonds. The average Bonchev–Trinajstić information content (AvgIpc) is 3.20. The van der Waals surface area contributed by atoms with Crippen molar-refractivity contribution in [2.24, 2.45) is 0 Å². The van der Waals surface area contributed by atoms with Crippen LogP contribution in [0.3, 0.4) is 0 Å². The van der Waals surface area contributed by atoms with Gasteiger partial charge in [-0.15, -0.1) is 4.37 Å². The van der Waals surface area contributed by atoms with Crippen LogP contribution in [0.15, 0.2) is 18.2 Å². The summed E-state index contributed by atoms with van der Waals surface area (Å²) < 4.78 is 30.4. The van der Waals surface area contributed by atoms with E-state index in [2.05, 4.69) is 19.0 Å². The number of nitrogens with one attached hydrogen (secondary N) is 1. The summed E-state index contributed by atoms with van der Waals surface area (Å²) in [6.07, 6.45) is -0.252. The van der Waals surface area contributed by atoms with E-state index in [1.165, 1.54) is 0 Å². The first kappa shape index (κ1) is 20.2. The molecule has 2 aromatic rings. The number of rotatable bonds is 8. The van der Waals surface area contributed by atoms with Gasteiger partial charge in [-0.25, -0.2) is 0 Å². The molecule has 2 heterocycles. The third-order valence-corrected chi connectivity index (χ3v) is 4.84. The van der Waals surface area contributed by atoms with Crippen molar-refractivity contribution in [1.29, 1.82) is 0 Å². The molecule has 9 nitrogen and oxygen atoms in total. The van der Waals surface area contributed by atoms with Gasteiger partial charge in [0.15, 0.2) is 6.10 Å². The Morgan fingerprint density at radius 2 is 2.07 bits per heavy atom. The molecule has 0 aliphatic carbocycles. The van der Waals surface area contributed by atoms with E-state index in [0.717, 1.165) is 11.7 Å². The summed E-state index contributed by atoms with van der Waals surface area (Å²) in [5.41, 5.74) is 0.513. The molecule has 3 rings (SSSR count). The molecule has 1 saturated heterocycles. The highest BCUT2D eigenvalue weighted by Gasteiger charge is 2.26. The van der Waals surface area contributed by atoms with E-state index in [4.69, 9.17) is 18.9 Å². The molecule has 1 aliphatic heterocycles. The minimum atomic E-state index is -0.723. The van der Waals surface area contributed by atoms with Crippen LogP contribution in [0.5, 0.6) is 17.4 Å². The van der Waals surface area contributed by atoms with Crippen molar-refractivity contribution in [2.75, 3.05) is 50.7 Å². The molecule has 0 saturated carbocycles. The summed E-state index contributed by atoms with van der Waals surface area (Å²) in [7, 11) is 3.11. The van der Waals surface area contributed by atoms with Crippen LogP contribution in [0.4, 0.5) is 11.5 Å². The van der Waals surface area contributed by atoms with E-state index in [9.17, 15) is 4.79 Å². The molecule has 28 heavy (non-hydrogen) atoms. The Kier molecular flexibility index (Phi) is 6.88. The zero-order valence-electron chi connectivity index (χ0n) is 16.1. The third-order valence-electron chi connectivity index (χ3n) is 4.33. The molecule has 0 bridgehead atoms. The number of anilines is 2. The molecule has 1 atom stereocenters. The van der Waals surface area contributed by atoms with Gasteiger partial charge in [-0.3, -0.25) is 4.79 Å². The smallest absolute Gasteiger partial charge is 0.271 e. The highest BCUT2D eigenvalue weighted by Crippen LogP contribution is 2.30. The lowest BCUT2D eigenvalue weighted by molar-refractivity contribution is -0.122. The van der Waals surface area contributed by atoms with Gasteiger partial charge in [-0.2, -0.15) is 4.37 Å². The standard InChI is InChI=1S/C18H24N4O5S/c1-4-14(17(23)19-13-11-12(24-2)5-6-15(13)25-3)27-18-16(20-28-21-18)22-7-9-26-10-8-22/h5-6,11,14H,4,7-10H2,1-3H3,(H,19,23)/t14-/m1/s1. The van der Waals surface area contributed by atoms with Crippen LogP contribution in [-0.4, -0.2) is 61.3 Å². The Balaban J connectivity index is 1.72. The zero-order valence-corrected chi connectivity index (χ0v) is 17.0. The molecule has 1 N–H and O–H groups in total. The lowest BCUT2D eigenvalue weighted by Crippen LogP contribution is -2.37. The van der Waals surface area contributed by atoms with E-state index in [1.807, 2.05) is 6.92 Å². The number of aromatic nitrogens is 2. The lowest BCUT2D eigenvalue weighted by atomic mass is 10.2. The van der Waals surface area contributed by atoms with Crippen LogP contribution in [-0.2, 0) is 9.53 Å². The van der Waals surface area contributed by atoms with Crippen LogP contribution in [0, 0.1) is 0 Å². The average molecular weight is 408 g/mol. The van der Waals surface area contributed by atoms with Crippen molar-refractivity contribution < 1.29 is 23.7 Å². The fourth-order valence-corrected chi connectivity index (χ4v) is 3.31. The van der Waals surface area contributed by atoms with E-state index in [-0.39, 0.29) is 5.91 Å². The number of carbonyl (C=O) groups is 1. The first-order valence-corrected chi connectivity index (χ1v) is 9.74. The van der Waals surface area contributed by atoms with Crippen molar-refractivity contribution >= 4 is 29.1 Å². The molecular weight excluding hydrogens is 384 g/mol. The molecule has 1 aromatic heterocycles. The predicted octanol–water partition coefficient (Wildman–Crippen LogP) is 2.19. The fraction of sp³-hybridized carbons (Fsp3) is 0.500. The van der Waals surface area contributed by atoms with Gasteiger partial charge in [-0.1, -0.05) is 6.92 Å². The maximum atomic E-state index is 12.8. The molecule has 1 aliphatic rings. The number of amides is 1. The SMILES string of the molecule is CC[C@@H](Oc1nsnc1N1CCOCC1)C(=O)Nc1cc(OC)ccc1OC. The number of nitrogens with zero attached hydrogens (tertiary/aromatic N) is 3. The van der Waals surface area contributed by atoms with Crippen LogP contribution < -0.4 is 24.4 Å². The Labute approximate surface area is 167 Å². The molecule has 0 unspecified atom stereocenters. The molecule has 0 radical (unpaired) electrons. The lowest BCUT2D eigenvalue weighted by Gasteiger charge is -2.27. The second-order valence-corrected chi connectivity index (χ2v) is 6.59. The Bertz CT molecular complexity index is 794. The summed E-state index contributed by atoms with van der Waals surface area (Å²) in [5.74, 6) is 1.87. The molecule has 0 spiro atoms. The Hall–Kier alpha value is -2.59. The fourth-order valence-electron chi connectivity index (χ4n) is 2.80. The van der Waals surface area contributed by atoms with Crippen LogP contribution in [0.25, 0.3) is 0 Å². The van der Waals surface area contributed by atoms with E-state index in [1.54, 1.807) is 32.4 Å². The van der Waals surface area contributed by atoms with Gasteiger partial charge in [0.25, 0.3) is 11.8 Å². The highest BCUT2D eigenvalue weighted by molar-refractivity contribution is 6.99. The largest absolute Gasteiger partial charge is 0.497 e. The number of benzene rings is 1. The number of methoxy groups -OCH3 is 2. The van der Waals surface area contributed by atoms with E-state index >= 15 is 0 Å². The van der Waals surface area contributed by atoms with Crippen LogP contribution in [0.1, 0.15) is 13.3 Å². The van der Waals surface area contributed by atoms with E-state index < -0.39 is 6.10 Å². The summed E-state index contributed by atoms with van der Waals surface area (Å²) in [5, 5.41) is 2.85. The van der Waals surface area contributed by atoms with Crippen molar-refractivity contribution in [3.05, 3.63) is 18.2 Å². The second kappa shape index (κ2) is 9.56. The van der Waals surface area contributed by atoms with Crippen molar-refractivity contribution in [2.45, 2.75) is 19.4 Å². The molecule has 1 aromatic carbocycles.